The molecule has 26 heavy (non-hydrogen) atoms. The summed E-state index contributed by atoms with van der Waals surface area (Å²) in [5.41, 5.74) is 2.25. The lowest BCUT2D eigenvalue weighted by molar-refractivity contribution is -0.116. The fraction of sp³-hybridized carbons (Fsp3) is 0.111. The molecule has 1 N–H and O–H groups in total. The van der Waals surface area contributed by atoms with Crippen LogP contribution in [-0.2, 0) is 4.79 Å². The van der Waals surface area contributed by atoms with Gasteiger partial charge >= 0.3 is 0 Å². The van der Waals surface area contributed by atoms with E-state index in [0.29, 0.717) is 32.3 Å². The molecule has 0 radical (unpaired) electrons. The summed E-state index contributed by atoms with van der Waals surface area (Å²) >= 11 is 11.8. The maximum Gasteiger partial charge on any atom is 0.254 e. The van der Waals surface area contributed by atoms with Crippen molar-refractivity contribution in [2.75, 3.05) is 18.9 Å². The van der Waals surface area contributed by atoms with E-state index in [1.807, 2.05) is 0 Å². The molecular weight excluding hydrogens is 375 g/mol. The van der Waals surface area contributed by atoms with Crippen molar-refractivity contribution < 1.29 is 9.59 Å². The molecule has 0 aliphatic rings. The number of halogens is 2. The van der Waals surface area contributed by atoms with Gasteiger partial charge in [-0.15, -0.1) is 0 Å². The van der Waals surface area contributed by atoms with Crippen LogP contribution in [0.5, 0.6) is 0 Å². The van der Waals surface area contributed by atoms with E-state index in [4.69, 9.17) is 23.2 Å². The van der Waals surface area contributed by atoms with Crippen molar-refractivity contribution in [3.8, 4) is 0 Å². The van der Waals surface area contributed by atoms with E-state index in [1.54, 1.807) is 55.8 Å². The van der Waals surface area contributed by atoms with Crippen LogP contribution in [0.25, 0.3) is 11.0 Å². The van der Waals surface area contributed by atoms with Gasteiger partial charge in [-0.05, 0) is 36.4 Å². The van der Waals surface area contributed by atoms with E-state index >= 15 is 0 Å². The monoisotopic (exact) mass is 388 g/mol. The second-order valence-corrected chi connectivity index (χ2v) is 6.41. The number of rotatable bonds is 4. The van der Waals surface area contributed by atoms with Crippen molar-refractivity contribution >= 4 is 51.7 Å². The van der Waals surface area contributed by atoms with Crippen LogP contribution in [0.1, 0.15) is 10.4 Å². The van der Waals surface area contributed by atoms with E-state index < -0.39 is 0 Å². The second kappa shape index (κ2) is 7.68. The van der Waals surface area contributed by atoms with Crippen molar-refractivity contribution in [2.24, 2.45) is 0 Å². The predicted octanol–water partition coefficient (Wildman–Crippen LogP) is 3.65. The number of hydrogen-bond donors (Lipinski definition) is 1. The third-order valence-corrected chi connectivity index (χ3v) is 4.39. The molecule has 0 saturated heterocycles. The lowest BCUT2D eigenvalue weighted by Gasteiger charge is -2.17. The van der Waals surface area contributed by atoms with Crippen LogP contribution in [0.4, 0.5) is 5.69 Å². The van der Waals surface area contributed by atoms with Crippen molar-refractivity contribution in [3.63, 3.8) is 0 Å². The molecule has 0 spiro atoms. The second-order valence-electron chi connectivity index (χ2n) is 5.60. The standard InChI is InChI=1S/C18H14Cl2N4O2/c1-24(10-17(25)23-12-3-4-13(19)14(20)9-12)18(26)11-2-5-15-16(8-11)22-7-6-21-15/h2-9H,10H2,1H3,(H,23,25). The maximum atomic E-state index is 12.5. The van der Waals surface area contributed by atoms with Crippen LogP contribution >= 0.6 is 23.2 Å². The van der Waals surface area contributed by atoms with Crippen LogP contribution in [0.15, 0.2) is 48.8 Å². The fourth-order valence-electron chi connectivity index (χ4n) is 2.38. The average Bonchev–Trinajstić information content (AvgIpc) is 2.63. The van der Waals surface area contributed by atoms with Crippen LogP contribution in [-0.4, -0.2) is 40.3 Å². The Bertz CT molecular complexity index is 994. The lowest BCUT2D eigenvalue weighted by atomic mass is 10.1. The van der Waals surface area contributed by atoms with Gasteiger partial charge in [-0.3, -0.25) is 19.6 Å². The number of carbonyl (C=O) groups excluding carboxylic acids is 2. The molecule has 0 fully saturated rings. The van der Waals surface area contributed by atoms with Crippen molar-refractivity contribution in [1.82, 2.24) is 14.9 Å². The quantitative estimate of drug-likeness (QED) is 0.739. The summed E-state index contributed by atoms with van der Waals surface area (Å²) in [4.78, 5) is 34.4. The molecule has 0 unspecified atom stereocenters. The SMILES string of the molecule is CN(CC(=O)Nc1ccc(Cl)c(Cl)c1)C(=O)c1ccc2nccnc2c1. The van der Waals surface area contributed by atoms with Crippen LogP contribution in [0.2, 0.25) is 10.0 Å². The van der Waals surface area contributed by atoms with Gasteiger partial charge in [0.1, 0.15) is 0 Å². The maximum absolute atomic E-state index is 12.5. The summed E-state index contributed by atoms with van der Waals surface area (Å²) < 4.78 is 0. The van der Waals surface area contributed by atoms with Gasteiger partial charge in [-0.1, -0.05) is 23.2 Å². The zero-order valence-corrected chi connectivity index (χ0v) is 15.3. The first-order chi connectivity index (χ1) is 12.4. The Hall–Kier alpha value is -2.70. The number of likely N-dealkylation sites (N-methyl/N-ethyl adjacent to an activating group) is 1. The van der Waals surface area contributed by atoms with Gasteiger partial charge in [-0.25, -0.2) is 0 Å². The molecule has 0 atom stereocenters. The summed E-state index contributed by atoms with van der Waals surface area (Å²) in [6.07, 6.45) is 3.15. The molecule has 2 aromatic carbocycles. The predicted molar refractivity (Wildman–Crippen MR) is 102 cm³/mol. The third-order valence-electron chi connectivity index (χ3n) is 3.65. The topological polar surface area (TPSA) is 75.2 Å². The van der Waals surface area contributed by atoms with Gasteiger partial charge in [0.05, 0.1) is 27.6 Å². The van der Waals surface area contributed by atoms with E-state index in [9.17, 15) is 9.59 Å². The van der Waals surface area contributed by atoms with Crippen molar-refractivity contribution in [1.29, 1.82) is 0 Å². The minimum Gasteiger partial charge on any atom is -0.332 e. The van der Waals surface area contributed by atoms with E-state index in [2.05, 4.69) is 15.3 Å². The molecule has 3 rings (SSSR count). The van der Waals surface area contributed by atoms with Gasteiger partial charge in [-0.2, -0.15) is 0 Å². The first-order valence-corrected chi connectivity index (χ1v) is 8.41. The molecule has 0 bridgehead atoms. The number of aromatic nitrogens is 2. The number of benzene rings is 2. The zero-order chi connectivity index (χ0) is 18.7. The summed E-state index contributed by atoms with van der Waals surface area (Å²) in [7, 11) is 1.55. The summed E-state index contributed by atoms with van der Waals surface area (Å²) in [6.45, 7) is -0.114. The van der Waals surface area contributed by atoms with Crippen LogP contribution in [0, 0.1) is 0 Å². The molecule has 132 valence electrons. The highest BCUT2D eigenvalue weighted by atomic mass is 35.5. The van der Waals surface area contributed by atoms with E-state index in [-0.39, 0.29) is 18.4 Å². The van der Waals surface area contributed by atoms with Gasteiger partial charge < -0.3 is 10.2 Å². The Morgan fingerprint density at radius 3 is 2.46 bits per heavy atom. The molecule has 0 saturated carbocycles. The fourth-order valence-corrected chi connectivity index (χ4v) is 2.68. The van der Waals surface area contributed by atoms with Gasteiger partial charge in [0.25, 0.3) is 5.91 Å². The number of carbonyl (C=O) groups is 2. The Morgan fingerprint density at radius 2 is 1.73 bits per heavy atom. The van der Waals surface area contributed by atoms with E-state index in [0.717, 1.165) is 0 Å². The van der Waals surface area contributed by atoms with Crippen LogP contribution in [0.3, 0.4) is 0 Å². The Balaban J connectivity index is 1.67. The summed E-state index contributed by atoms with van der Waals surface area (Å²) in [5.74, 6) is -0.637. The summed E-state index contributed by atoms with van der Waals surface area (Å²) in [6, 6.07) is 9.80. The van der Waals surface area contributed by atoms with Crippen molar-refractivity contribution in [2.45, 2.75) is 0 Å². The molecule has 3 aromatic rings. The molecule has 8 heteroatoms. The highest BCUT2D eigenvalue weighted by Crippen LogP contribution is 2.25. The Kier molecular flexibility index (Phi) is 5.35. The molecule has 0 aliphatic heterocycles. The minimum atomic E-state index is -0.347. The normalized spacial score (nSPS) is 10.6. The lowest BCUT2D eigenvalue weighted by Crippen LogP contribution is -2.34. The number of anilines is 1. The number of amides is 2. The molecule has 1 aromatic heterocycles. The number of hydrogen-bond acceptors (Lipinski definition) is 4. The number of nitrogens with one attached hydrogen (secondary N) is 1. The molecular formula is C18H14Cl2N4O2. The Morgan fingerprint density at radius 1 is 1.00 bits per heavy atom. The highest BCUT2D eigenvalue weighted by molar-refractivity contribution is 6.42. The van der Waals surface area contributed by atoms with Gasteiger partial charge in [0.2, 0.25) is 5.91 Å². The highest BCUT2D eigenvalue weighted by Gasteiger charge is 2.16. The average molecular weight is 389 g/mol. The van der Waals surface area contributed by atoms with Crippen LogP contribution < -0.4 is 5.32 Å². The first-order valence-electron chi connectivity index (χ1n) is 7.65. The third kappa shape index (κ3) is 4.09. The molecule has 0 aliphatic carbocycles. The Labute approximate surface area is 159 Å². The first kappa shape index (κ1) is 18.1. The largest absolute Gasteiger partial charge is 0.332 e. The van der Waals surface area contributed by atoms with Crippen molar-refractivity contribution in [3.05, 3.63) is 64.4 Å². The molecule has 6 nitrogen and oxygen atoms in total. The molecule has 2 amide bonds. The molecule has 1 heterocycles. The van der Waals surface area contributed by atoms with Gasteiger partial charge in [0.15, 0.2) is 0 Å². The zero-order valence-electron chi connectivity index (χ0n) is 13.7. The van der Waals surface area contributed by atoms with Gasteiger partial charge in [0, 0.05) is 30.7 Å². The number of fused-ring (bicyclic) bond motifs is 1. The minimum absolute atomic E-state index is 0.114. The number of nitrogens with zero attached hydrogens (tertiary/aromatic N) is 3. The smallest absolute Gasteiger partial charge is 0.254 e. The van der Waals surface area contributed by atoms with E-state index in [1.165, 1.54) is 4.90 Å². The summed E-state index contributed by atoms with van der Waals surface area (Å²) in [5, 5.41) is 3.42.